The summed E-state index contributed by atoms with van der Waals surface area (Å²) in [5.74, 6) is -0.784. The van der Waals surface area contributed by atoms with Crippen LogP contribution in [0.15, 0.2) is 66.2 Å². The summed E-state index contributed by atoms with van der Waals surface area (Å²) in [6.07, 6.45) is 8.15. The van der Waals surface area contributed by atoms with Crippen molar-refractivity contribution in [1.29, 1.82) is 0 Å². The van der Waals surface area contributed by atoms with Crippen LogP contribution in [0.1, 0.15) is 51.5 Å². The number of H-pyrrole nitrogens is 1. The van der Waals surface area contributed by atoms with Crippen molar-refractivity contribution in [3.8, 4) is 11.3 Å². The number of benzene rings is 2. The number of aromatic amines is 1. The van der Waals surface area contributed by atoms with Gasteiger partial charge in [0.05, 0.1) is 35.5 Å². The van der Waals surface area contributed by atoms with Crippen molar-refractivity contribution in [3.05, 3.63) is 94.2 Å². The van der Waals surface area contributed by atoms with Crippen LogP contribution < -0.4 is 5.32 Å². The molecular formula is C33H34ClN7O4. The van der Waals surface area contributed by atoms with Crippen LogP contribution in [0.2, 0.25) is 5.02 Å². The molecule has 12 heteroatoms. The summed E-state index contributed by atoms with van der Waals surface area (Å²) >= 11 is 6.53. The summed E-state index contributed by atoms with van der Waals surface area (Å²) in [4.78, 5) is 49.5. The molecule has 4 aromatic rings. The third kappa shape index (κ3) is 6.95. The minimum Gasteiger partial charge on any atom is -0.395 e. The zero-order valence-corrected chi connectivity index (χ0v) is 25.6. The predicted octanol–water partition coefficient (Wildman–Crippen LogP) is 4.36. The highest BCUT2D eigenvalue weighted by Gasteiger charge is 2.37. The number of amides is 2. The van der Waals surface area contributed by atoms with E-state index in [1.54, 1.807) is 18.5 Å². The number of anilines is 1. The second kappa shape index (κ2) is 13.7. The Hall–Kier alpha value is -4.45. The summed E-state index contributed by atoms with van der Waals surface area (Å²) < 4.78 is 5.44. The number of aromatic nitrogens is 4. The highest BCUT2D eigenvalue weighted by atomic mass is 35.5. The minimum atomic E-state index is -0.900. The summed E-state index contributed by atoms with van der Waals surface area (Å²) in [6, 6.07) is 12.5. The zero-order valence-electron chi connectivity index (χ0n) is 24.8. The van der Waals surface area contributed by atoms with Crippen LogP contribution in [-0.4, -0.2) is 79.9 Å². The number of aliphatic imine (C=N–C) groups is 1. The SMILES string of the molecule is Cc1cccc(C(/C=N/C(=O)[C@@H](Cc2c[nH]cn2)N2Cc3ccc(-c4nc(NC5CCOCC5)ncc4Cl)cc3C2=O)CO)c1. The molecule has 1 saturated heterocycles. The van der Waals surface area contributed by atoms with E-state index in [1.807, 2.05) is 43.3 Å². The molecule has 6 rings (SSSR count). The Kier molecular flexibility index (Phi) is 9.29. The van der Waals surface area contributed by atoms with Gasteiger partial charge in [0.1, 0.15) is 6.04 Å². The number of carbonyl (C=O) groups excluding carboxylic acids is 2. The van der Waals surface area contributed by atoms with Gasteiger partial charge in [-0.25, -0.2) is 19.9 Å². The largest absolute Gasteiger partial charge is 0.395 e. The normalized spacial score (nSPS) is 16.6. The van der Waals surface area contributed by atoms with Crippen molar-refractivity contribution in [3.63, 3.8) is 0 Å². The van der Waals surface area contributed by atoms with Crippen molar-refractivity contribution in [1.82, 2.24) is 24.8 Å². The number of rotatable bonds is 10. The number of carbonyl (C=O) groups is 2. The lowest BCUT2D eigenvalue weighted by atomic mass is 9.99. The molecule has 2 aliphatic heterocycles. The summed E-state index contributed by atoms with van der Waals surface area (Å²) in [7, 11) is 0. The van der Waals surface area contributed by atoms with Crippen LogP contribution in [0.4, 0.5) is 5.95 Å². The van der Waals surface area contributed by atoms with Gasteiger partial charge in [0.25, 0.3) is 11.8 Å². The molecule has 0 saturated carbocycles. The molecule has 232 valence electrons. The molecule has 11 nitrogen and oxygen atoms in total. The lowest BCUT2D eigenvalue weighted by Crippen LogP contribution is -2.42. The number of imidazole rings is 1. The van der Waals surface area contributed by atoms with Crippen LogP contribution in [0.3, 0.4) is 0 Å². The number of fused-ring (bicyclic) bond motifs is 1. The van der Waals surface area contributed by atoms with Crippen LogP contribution in [0.25, 0.3) is 11.3 Å². The Morgan fingerprint density at radius 2 is 2.09 bits per heavy atom. The third-order valence-corrected chi connectivity index (χ3v) is 8.46. The Bertz CT molecular complexity index is 1710. The first-order chi connectivity index (χ1) is 21.9. The average Bonchev–Trinajstić information content (AvgIpc) is 3.69. The quantitative estimate of drug-likeness (QED) is 0.220. The molecule has 2 aromatic heterocycles. The van der Waals surface area contributed by atoms with E-state index in [0.717, 1.165) is 29.5 Å². The third-order valence-electron chi connectivity index (χ3n) is 8.18. The van der Waals surface area contributed by atoms with E-state index < -0.39 is 17.9 Å². The van der Waals surface area contributed by atoms with E-state index >= 15 is 0 Å². The van der Waals surface area contributed by atoms with Gasteiger partial charge in [0.2, 0.25) is 5.95 Å². The average molecular weight is 628 g/mol. The van der Waals surface area contributed by atoms with Crippen LogP contribution >= 0.6 is 11.6 Å². The standard InChI is InChI=1S/C33H34ClN7O4/c1-20-3-2-4-21(11-20)24(18-42)14-36-31(43)29(13-26-15-35-19-38-26)41-17-23-6-5-22(12-27(23)32(41)44)30-28(34)16-37-33(40-30)39-25-7-9-45-10-8-25/h2-6,11-12,14-16,19,24-25,29,42H,7-10,13,17-18H2,1H3,(H,35,38)(H,37,39,40)/b36-14+/t24?,29-/m1/s1. The molecule has 0 spiro atoms. The number of nitrogens with zero attached hydrogens (tertiary/aromatic N) is 5. The first kappa shape index (κ1) is 30.6. The van der Waals surface area contributed by atoms with Gasteiger partial charge in [-0.2, -0.15) is 0 Å². The molecule has 0 aliphatic carbocycles. The van der Waals surface area contributed by atoms with Crippen molar-refractivity contribution in [2.75, 3.05) is 25.1 Å². The molecule has 0 bridgehead atoms. The Morgan fingerprint density at radius 1 is 1.24 bits per heavy atom. The number of halogens is 1. The molecular weight excluding hydrogens is 594 g/mol. The van der Waals surface area contributed by atoms with Crippen molar-refractivity contribution < 1.29 is 19.4 Å². The second-order valence-electron chi connectivity index (χ2n) is 11.3. The number of aliphatic hydroxyl groups is 1. The van der Waals surface area contributed by atoms with Gasteiger partial charge in [0, 0.05) is 61.7 Å². The lowest BCUT2D eigenvalue weighted by molar-refractivity contribution is -0.122. The van der Waals surface area contributed by atoms with Gasteiger partial charge < -0.3 is 25.0 Å². The maximum atomic E-state index is 13.9. The van der Waals surface area contributed by atoms with Crippen molar-refractivity contribution in [2.24, 2.45) is 4.99 Å². The fourth-order valence-electron chi connectivity index (χ4n) is 5.71. The molecule has 2 amide bonds. The zero-order chi connectivity index (χ0) is 31.3. The highest BCUT2D eigenvalue weighted by Crippen LogP contribution is 2.33. The minimum absolute atomic E-state index is 0.180. The molecule has 2 aromatic carbocycles. The monoisotopic (exact) mass is 627 g/mol. The predicted molar refractivity (Wildman–Crippen MR) is 170 cm³/mol. The maximum Gasteiger partial charge on any atom is 0.268 e. The number of hydrogen-bond acceptors (Lipinski definition) is 8. The number of aliphatic hydroxyl groups excluding tert-OH is 1. The summed E-state index contributed by atoms with van der Waals surface area (Å²) in [5.41, 5.74) is 4.95. The van der Waals surface area contributed by atoms with E-state index in [1.165, 1.54) is 17.4 Å². The fraction of sp³-hybridized carbons (Fsp3) is 0.333. The smallest absolute Gasteiger partial charge is 0.268 e. The summed E-state index contributed by atoms with van der Waals surface area (Å²) in [5, 5.41) is 13.8. The molecule has 2 aliphatic rings. The van der Waals surface area contributed by atoms with Gasteiger partial charge in [-0.1, -0.05) is 53.6 Å². The van der Waals surface area contributed by atoms with Gasteiger partial charge in [0.15, 0.2) is 0 Å². The van der Waals surface area contributed by atoms with E-state index in [-0.39, 0.29) is 31.5 Å². The first-order valence-electron chi connectivity index (χ1n) is 14.9. The Labute approximate surface area is 265 Å². The molecule has 1 unspecified atom stereocenters. The van der Waals surface area contributed by atoms with E-state index in [9.17, 15) is 14.7 Å². The number of hydrogen-bond donors (Lipinski definition) is 3. The van der Waals surface area contributed by atoms with Gasteiger partial charge in [-0.3, -0.25) is 9.59 Å². The van der Waals surface area contributed by atoms with E-state index in [2.05, 4.69) is 30.2 Å². The first-order valence-corrected chi connectivity index (χ1v) is 15.3. The summed E-state index contributed by atoms with van der Waals surface area (Å²) in [6.45, 7) is 3.36. The van der Waals surface area contributed by atoms with Crippen molar-refractivity contribution >= 4 is 35.6 Å². The molecule has 0 radical (unpaired) electrons. The maximum absolute atomic E-state index is 13.9. The fourth-order valence-corrected chi connectivity index (χ4v) is 5.91. The topological polar surface area (TPSA) is 146 Å². The van der Waals surface area contributed by atoms with Crippen LogP contribution in [0.5, 0.6) is 0 Å². The second-order valence-corrected chi connectivity index (χ2v) is 11.7. The van der Waals surface area contributed by atoms with E-state index in [4.69, 9.17) is 16.3 Å². The van der Waals surface area contributed by atoms with Crippen molar-refractivity contribution in [2.45, 2.75) is 50.7 Å². The van der Waals surface area contributed by atoms with Gasteiger partial charge in [-0.15, -0.1) is 0 Å². The number of aryl methyl sites for hydroxylation is 1. The lowest BCUT2D eigenvalue weighted by Gasteiger charge is -2.24. The Balaban J connectivity index is 1.25. The molecule has 2 atom stereocenters. The molecule has 45 heavy (non-hydrogen) atoms. The highest BCUT2D eigenvalue weighted by molar-refractivity contribution is 6.33. The van der Waals surface area contributed by atoms with Gasteiger partial charge >= 0.3 is 0 Å². The number of nitrogens with one attached hydrogen (secondary N) is 2. The number of ether oxygens (including phenoxy) is 1. The van der Waals surface area contributed by atoms with Crippen LogP contribution in [0, 0.1) is 6.92 Å². The Morgan fingerprint density at radius 3 is 2.84 bits per heavy atom. The molecule has 4 heterocycles. The van der Waals surface area contributed by atoms with Crippen LogP contribution in [-0.2, 0) is 22.5 Å². The van der Waals surface area contributed by atoms with E-state index in [0.29, 0.717) is 46.7 Å². The molecule has 3 N–H and O–H groups in total. The molecule has 1 fully saturated rings. The van der Waals surface area contributed by atoms with Gasteiger partial charge in [-0.05, 0) is 37.0 Å².